The molecule has 0 bridgehead atoms. The van der Waals surface area contributed by atoms with E-state index in [1.54, 1.807) is 6.08 Å². The normalized spacial score (nSPS) is 17.9. The molecule has 4 rings (SSSR count). The van der Waals surface area contributed by atoms with Crippen molar-refractivity contribution in [2.24, 2.45) is 0 Å². The summed E-state index contributed by atoms with van der Waals surface area (Å²) in [7, 11) is 2.17. The number of nitrogens with zero attached hydrogens (tertiary/aromatic N) is 3. The van der Waals surface area contributed by atoms with Crippen LogP contribution in [0.1, 0.15) is 48.8 Å². The molecule has 5 heteroatoms. The zero-order valence-electron chi connectivity index (χ0n) is 16.6. The minimum atomic E-state index is -0.858. The molecule has 1 fully saturated rings. The molecule has 0 spiro atoms. The third-order valence-corrected chi connectivity index (χ3v) is 5.92. The standard InChI is InChI=1S/C23H27N3O2/c1-3-16(23(27)28)14-19-15-24-22-21(18-8-11-25(2)12-9-18)20-7-5-4-6-17(20)10-13-26(19)22/h4-7,14-15H,3,8-13H2,1-2H3,(H,27,28)/b16-14+. The Morgan fingerprint density at radius 3 is 2.64 bits per heavy atom. The van der Waals surface area contributed by atoms with Gasteiger partial charge in [-0.2, -0.15) is 0 Å². The first-order valence-electron chi connectivity index (χ1n) is 10.1. The van der Waals surface area contributed by atoms with Crippen LogP contribution < -0.4 is 0 Å². The van der Waals surface area contributed by atoms with E-state index in [-0.39, 0.29) is 0 Å². The van der Waals surface area contributed by atoms with Gasteiger partial charge in [-0.3, -0.25) is 0 Å². The summed E-state index contributed by atoms with van der Waals surface area (Å²) in [6.45, 7) is 4.81. The van der Waals surface area contributed by atoms with Crippen molar-refractivity contribution in [1.82, 2.24) is 14.5 Å². The number of fused-ring (bicyclic) bond motifs is 2. The number of hydrogen-bond acceptors (Lipinski definition) is 3. The van der Waals surface area contributed by atoms with Crippen LogP contribution in [0.5, 0.6) is 0 Å². The Labute approximate surface area is 166 Å². The SMILES string of the molecule is CC/C(=C\c1cnc2n1CCc1ccccc1C2=C1CCN(C)CC1)C(=O)O. The van der Waals surface area contributed by atoms with Gasteiger partial charge in [0.15, 0.2) is 0 Å². The van der Waals surface area contributed by atoms with Crippen LogP contribution in [-0.4, -0.2) is 45.7 Å². The maximum atomic E-state index is 11.5. The van der Waals surface area contributed by atoms with Crippen molar-refractivity contribution < 1.29 is 9.90 Å². The Kier molecular flexibility index (Phi) is 5.18. The monoisotopic (exact) mass is 377 g/mol. The van der Waals surface area contributed by atoms with E-state index in [9.17, 15) is 9.90 Å². The largest absolute Gasteiger partial charge is 0.478 e. The number of carboxylic acids is 1. The van der Waals surface area contributed by atoms with Gasteiger partial charge in [0, 0.05) is 30.8 Å². The van der Waals surface area contributed by atoms with Gasteiger partial charge in [0.2, 0.25) is 0 Å². The zero-order chi connectivity index (χ0) is 19.7. The highest BCUT2D eigenvalue weighted by molar-refractivity contribution is 5.92. The van der Waals surface area contributed by atoms with Crippen molar-refractivity contribution in [3.63, 3.8) is 0 Å². The van der Waals surface area contributed by atoms with Gasteiger partial charge in [-0.15, -0.1) is 0 Å². The molecule has 1 aromatic heterocycles. The van der Waals surface area contributed by atoms with Crippen LogP contribution in [0.3, 0.4) is 0 Å². The molecule has 0 saturated carbocycles. The topological polar surface area (TPSA) is 58.4 Å². The second-order valence-electron chi connectivity index (χ2n) is 7.68. The predicted molar refractivity (Wildman–Crippen MR) is 111 cm³/mol. The molecule has 2 aliphatic heterocycles. The van der Waals surface area contributed by atoms with Gasteiger partial charge in [0.25, 0.3) is 0 Å². The number of imidazole rings is 1. The predicted octanol–water partition coefficient (Wildman–Crippen LogP) is 3.84. The fraction of sp³-hybridized carbons (Fsp3) is 0.391. The fourth-order valence-corrected chi connectivity index (χ4v) is 4.25. The molecule has 5 nitrogen and oxygen atoms in total. The Morgan fingerprint density at radius 1 is 1.18 bits per heavy atom. The molecular formula is C23H27N3O2. The van der Waals surface area contributed by atoms with Crippen molar-refractivity contribution in [2.45, 2.75) is 39.2 Å². The molecule has 28 heavy (non-hydrogen) atoms. The average molecular weight is 377 g/mol. The van der Waals surface area contributed by atoms with Gasteiger partial charge in [0.1, 0.15) is 5.82 Å². The first-order chi connectivity index (χ1) is 13.6. The Balaban J connectivity index is 1.88. The van der Waals surface area contributed by atoms with Crippen LogP contribution >= 0.6 is 0 Å². The summed E-state index contributed by atoms with van der Waals surface area (Å²) in [5.74, 6) is 0.125. The van der Waals surface area contributed by atoms with Crippen LogP contribution in [0.2, 0.25) is 0 Å². The molecule has 2 aliphatic rings. The lowest BCUT2D eigenvalue weighted by atomic mass is 9.90. The van der Waals surface area contributed by atoms with E-state index in [2.05, 4.69) is 40.8 Å². The van der Waals surface area contributed by atoms with E-state index >= 15 is 0 Å². The summed E-state index contributed by atoms with van der Waals surface area (Å²) in [5.41, 5.74) is 6.65. The summed E-state index contributed by atoms with van der Waals surface area (Å²) in [6.07, 6.45) is 7.13. The lowest BCUT2D eigenvalue weighted by molar-refractivity contribution is -0.132. The van der Waals surface area contributed by atoms with E-state index in [4.69, 9.17) is 4.98 Å². The first-order valence-corrected chi connectivity index (χ1v) is 10.1. The van der Waals surface area contributed by atoms with Crippen LogP contribution in [0.4, 0.5) is 0 Å². The molecule has 1 N–H and O–H groups in total. The number of hydrogen-bond donors (Lipinski definition) is 1. The molecule has 146 valence electrons. The molecule has 0 amide bonds. The van der Waals surface area contributed by atoms with Gasteiger partial charge in [-0.25, -0.2) is 9.78 Å². The number of aryl methyl sites for hydroxylation is 1. The third kappa shape index (κ3) is 3.42. The molecule has 0 aliphatic carbocycles. The molecule has 1 aromatic carbocycles. The Bertz CT molecular complexity index is 958. The molecular weight excluding hydrogens is 350 g/mol. The summed E-state index contributed by atoms with van der Waals surface area (Å²) in [6, 6.07) is 8.63. The van der Waals surface area contributed by atoms with Crippen LogP contribution in [0.15, 0.2) is 41.6 Å². The van der Waals surface area contributed by atoms with Crippen molar-refractivity contribution in [1.29, 1.82) is 0 Å². The van der Waals surface area contributed by atoms with Gasteiger partial charge < -0.3 is 14.6 Å². The number of piperidine rings is 1. The Hall–Kier alpha value is -2.66. The van der Waals surface area contributed by atoms with E-state index < -0.39 is 5.97 Å². The molecule has 0 atom stereocenters. The van der Waals surface area contributed by atoms with Crippen molar-refractivity contribution >= 4 is 17.6 Å². The van der Waals surface area contributed by atoms with E-state index in [0.717, 1.165) is 50.4 Å². The first kappa shape index (κ1) is 18.7. The van der Waals surface area contributed by atoms with Crippen molar-refractivity contribution in [3.05, 3.63) is 64.3 Å². The highest BCUT2D eigenvalue weighted by Crippen LogP contribution is 2.36. The molecule has 3 heterocycles. The third-order valence-electron chi connectivity index (χ3n) is 5.92. The summed E-state index contributed by atoms with van der Waals surface area (Å²) >= 11 is 0. The Morgan fingerprint density at radius 2 is 1.93 bits per heavy atom. The van der Waals surface area contributed by atoms with Gasteiger partial charge in [-0.05, 0) is 49.9 Å². The zero-order valence-corrected chi connectivity index (χ0v) is 16.6. The quantitative estimate of drug-likeness (QED) is 0.826. The van der Waals surface area contributed by atoms with Gasteiger partial charge in [0.05, 0.1) is 11.9 Å². The highest BCUT2D eigenvalue weighted by Gasteiger charge is 2.25. The van der Waals surface area contributed by atoms with Crippen molar-refractivity contribution in [3.8, 4) is 0 Å². The maximum Gasteiger partial charge on any atom is 0.331 e. The van der Waals surface area contributed by atoms with E-state index in [0.29, 0.717) is 12.0 Å². The number of carboxylic acid groups (broad SMARTS) is 1. The lowest BCUT2D eigenvalue weighted by Crippen LogP contribution is -2.27. The van der Waals surface area contributed by atoms with Crippen LogP contribution in [0, 0.1) is 0 Å². The molecule has 0 radical (unpaired) electrons. The molecule has 1 saturated heterocycles. The summed E-state index contributed by atoms with van der Waals surface area (Å²) < 4.78 is 2.21. The number of likely N-dealkylation sites (tertiary alicyclic amines) is 1. The molecule has 0 unspecified atom stereocenters. The molecule has 2 aromatic rings. The maximum absolute atomic E-state index is 11.5. The van der Waals surface area contributed by atoms with Gasteiger partial charge >= 0.3 is 5.97 Å². The van der Waals surface area contributed by atoms with Crippen LogP contribution in [0.25, 0.3) is 11.6 Å². The highest BCUT2D eigenvalue weighted by atomic mass is 16.4. The van der Waals surface area contributed by atoms with Gasteiger partial charge in [-0.1, -0.05) is 36.8 Å². The fourth-order valence-electron chi connectivity index (χ4n) is 4.25. The minimum Gasteiger partial charge on any atom is -0.478 e. The number of benzene rings is 1. The number of aromatic nitrogens is 2. The van der Waals surface area contributed by atoms with Crippen molar-refractivity contribution in [2.75, 3.05) is 20.1 Å². The average Bonchev–Trinajstić information content (AvgIpc) is 3.00. The summed E-state index contributed by atoms with van der Waals surface area (Å²) in [4.78, 5) is 18.7. The lowest BCUT2D eigenvalue weighted by Gasteiger charge is -2.26. The number of rotatable bonds is 3. The van der Waals surface area contributed by atoms with E-state index in [1.807, 2.05) is 13.1 Å². The van der Waals surface area contributed by atoms with Crippen LogP contribution in [-0.2, 0) is 17.8 Å². The second kappa shape index (κ2) is 7.76. The van der Waals surface area contributed by atoms with E-state index in [1.165, 1.54) is 22.3 Å². The second-order valence-corrected chi connectivity index (χ2v) is 7.68. The minimum absolute atomic E-state index is 0.415. The number of carbonyl (C=O) groups is 1. The summed E-state index contributed by atoms with van der Waals surface area (Å²) in [5, 5.41) is 9.44. The number of aliphatic carboxylic acids is 1. The smallest absolute Gasteiger partial charge is 0.331 e.